The number of aromatic carboxylic acids is 1. The number of aromatic nitrogens is 1. The van der Waals surface area contributed by atoms with Crippen LogP contribution in [0.5, 0.6) is 0 Å². The van der Waals surface area contributed by atoms with Gasteiger partial charge in [0.1, 0.15) is 0 Å². The zero-order valence-electron chi connectivity index (χ0n) is 12.3. The van der Waals surface area contributed by atoms with E-state index >= 15 is 0 Å². The van der Waals surface area contributed by atoms with Gasteiger partial charge in [-0.3, -0.25) is 4.79 Å². The van der Waals surface area contributed by atoms with Gasteiger partial charge in [0.25, 0.3) is 5.91 Å². The summed E-state index contributed by atoms with van der Waals surface area (Å²) in [6, 6.07) is 5.38. The van der Waals surface area contributed by atoms with Crippen LogP contribution in [0.1, 0.15) is 37.4 Å². The second-order valence-corrected chi connectivity index (χ2v) is 5.12. The monoisotopic (exact) mass is 286 g/mol. The summed E-state index contributed by atoms with van der Waals surface area (Å²) in [5.41, 5.74) is 2.51. The quantitative estimate of drug-likeness (QED) is 0.905. The molecule has 1 aromatic carbocycles. The van der Waals surface area contributed by atoms with E-state index < -0.39 is 5.97 Å². The third-order valence-electron chi connectivity index (χ3n) is 3.41. The van der Waals surface area contributed by atoms with Crippen LogP contribution < -0.4 is 5.32 Å². The third kappa shape index (κ3) is 3.13. The number of amides is 1. The minimum absolute atomic E-state index is 0.0700. The molecular weight excluding hydrogens is 268 g/mol. The van der Waals surface area contributed by atoms with E-state index in [-0.39, 0.29) is 17.0 Å². The van der Waals surface area contributed by atoms with Crippen molar-refractivity contribution in [3.8, 4) is 0 Å². The number of carboxylic acids is 1. The van der Waals surface area contributed by atoms with Gasteiger partial charge in [-0.25, -0.2) is 4.79 Å². The molecule has 1 aromatic heterocycles. The van der Waals surface area contributed by atoms with E-state index in [1.807, 2.05) is 30.1 Å². The van der Waals surface area contributed by atoms with Crippen LogP contribution in [0.3, 0.4) is 0 Å². The Morgan fingerprint density at radius 3 is 2.29 bits per heavy atom. The highest BCUT2D eigenvalue weighted by Crippen LogP contribution is 2.19. The summed E-state index contributed by atoms with van der Waals surface area (Å²) in [5, 5.41) is 12.1. The van der Waals surface area contributed by atoms with Crippen LogP contribution in [0.4, 0.5) is 0 Å². The molecule has 0 aliphatic carbocycles. The average molecular weight is 286 g/mol. The Bertz CT molecular complexity index is 702. The largest absolute Gasteiger partial charge is 0.478 e. The van der Waals surface area contributed by atoms with Crippen LogP contribution in [0.2, 0.25) is 0 Å². The molecule has 2 N–H and O–H groups in total. The Morgan fingerprint density at radius 1 is 1.14 bits per heavy atom. The van der Waals surface area contributed by atoms with Gasteiger partial charge < -0.3 is 15.0 Å². The zero-order chi connectivity index (χ0) is 15.6. The topological polar surface area (TPSA) is 71.3 Å². The first-order valence-electron chi connectivity index (χ1n) is 6.62. The van der Waals surface area contributed by atoms with Crippen molar-refractivity contribution in [2.75, 3.05) is 0 Å². The molecule has 0 spiro atoms. The van der Waals surface area contributed by atoms with Crippen LogP contribution in [0.25, 0.3) is 0 Å². The summed E-state index contributed by atoms with van der Waals surface area (Å²) in [4.78, 5) is 23.7. The molecule has 0 saturated carbocycles. The molecule has 0 aliphatic rings. The van der Waals surface area contributed by atoms with Crippen LogP contribution in [0, 0.1) is 13.8 Å². The lowest BCUT2D eigenvalue weighted by Gasteiger charge is -2.12. The van der Waals surface area contributed by atoms with Crippen molar-refractivity contribution in [1.29, 1.82) is 0 Å². The fraction of sp³-hybridized carbons (Fsp3) is 0.250. The summed E-state index contributed by atoms with van der Waals surface area (Å²) >= 11 is 0. The second-order valence-electron chi connectivity index (χ2n) is 5.12. The van der Waals surface area contributed by atoms with Crippen molar-refractivity contribution in [3.63, 3.8) is 0 Å². The lowest BCUT2D eigenvalue weighted by molar-refractivity contribution is 0.0690. The highest BCUT2D eigenvalue weighted by atomic mass is 16.4. The number of rotatable bonds is 4. The van der Waals surface area contributed by atoms with Gasteiger partial charge in [0.05, 0.1) is 11.1 Å². The van der Waals surface area contributed by atoms with Gasteiger partial charge >= 0.3 is 5.97 Å². The predicted octanol–water partition coefficient (Wildman–Crippen LogP) is 2.27. The molecule has 21 heavy (non-hydrogen) atoms. The molecule has 0 aliphatic heterocycles. The van der Waals surface area contributed by atoms with Crippen molar-refractivity contribution < 1.29 is 14.7 Å². The summed E-state index contributed by atoms with van der Waals surface area (Å²) < 4.78 is 1.89. The molecular formula is C16H18N2O3. The molecule has 2 rings (SSSR count). The third-order valence-corrected chi connectivity index (χ3v) is 3.41. The number of carbonyl (C=O) groups is 2. The second kappa shape index (κ2) is 5.83. The van der Waals surface area contributed by atoms with Crippen LogP contribution in [-0.4, -0.2) is 21.6 Å². The molecule has 5 nitrogen and oxygen atoms in total. The Morgan fingerprint density at radius 2 is 1.76 bits per heavy atom. The van der Waals surface area contributed by atoms with Gasteiger partial charge in [0.2, 0.25) is 0 Å². The van der Waals surface area contributed by atoms with Crippen LogP contribution in [0.15, 0.2) is 30.6 Å². The molecule has 0 fully saturated rings. The zero-order valence-corrected chi connectivity index (χ0v) is 12.3. The van der Waals surface area contributed by atoms with Crippen molar-refractivity contribution in [2.45, 2.75) is 20.4 Å². The van der Waals surface area contributed by atoms with Gasteiger partial charge in [-0.1, -0.05) is 12.1 Å². The van der Waals surface area contributed by atoms with E-state index in [2.05, 4.69) is 5.32 Å². The SMILES string of the molecule is Cc1ccc(C)c(C(=O)NCc2ccn(C)c2)c1C(=O)O. The number of benzene rings is 1. The Hall–Kier alpha value is -2.56. The fourth-order valence-corrected chi connectivity index (χ4v) is 2.32. The fourth-order valence-electron chi connectivity index (χ4n) is 2.32. The number of hydrogen-bond donors (Lipinski definition) is 2. The number of carbonyl (C=O) groups excluding carboxylic acids is 1. The van der Waals surface area contributed by atoms with E-state index in [0.717, 1.165) is 5.56 Å². The molecule has 0 unspecified atom stereocenters. The van der Waals surface area contributed by atoms with Gasteiger partial charge in [-0.2, -0.15) is 0 Å². The lowest BCUT2D eigenvalue weighted by Crippen LogP contribution is -2.26. The van der Waals surface area contributed by atoms with Gasteiger partial charge in [-0.15, -0.1) is 0 Å². The maximum atomic E-state index is 12.3. The maximum Gasteiger partial charge on any atom is 0.336 e. The van der Waals surface area contributed by atoms with E-state index in [4.69, 9.17) is 0 Å². The van der Waals surface area contributed by atoms with Crippen molar-refractivity contribution in [3.05, 3.63) is 58.4 Å². The minimum atomic E-state index is -1.08. The molecule has 110 valence electrons. The first-order valence-corrected chi connectivity index (χ1v) is 6.62. The Kier molecular flexibility index (Phi) is 4.12. The molecule has 0 bridgehead atoms. The lowest BCUT2D eigenvalue weighted by atomic mass is 9.96. The van der Waals surface area contributed by atoms with E-state index in [9.17, 15) is 14.7 Å². The van der Waals surface area contributed by atoms with Gasteiger partial charge in [0, 0.05) is 26.0 Å². The highest BCUT2D eigenvalue weighted by Gasteiger charge is 2.21. The summed E-state index contributed by atoms with van der Waals surface area (Å²) in [7, 11) is 1.90. The molecule has 1 heterocycles. The van der Waals surface area contributed by atoms with E-state index in [1.165, 1.54) is 0 Å². The first-order chi connectivity index (χ1) is 9.90. The predicted molar refractivity (Wildman–Crippen MR) is 79.5 cm³/mol. The Balaban J connectivity index is 2.26. The first kappa shape index (κ1) is 14.8. The number of nitrogens with zero attached hydrogens (tertiary/aromatic N) is 1. The van der Waals surface area contributed by atoms with Crippen LogP contribution >= 0.6 is 0 Å². The number of nitrogens with one attached hydrogen (secondary N) is 1. The van der Waals surface area contributed by atoms with E-state index in [0.29, 0.717) is 17.7 Å². The van der Waals surface area contributed by atoms with Crippen molar-refractivity contribution in [1.82, 2.24) is 9.88 Å². The molecule has 0 atom stereocenters. The summed E-state index contributed by atoms with van der Waals surface area (Å²) in [6.07, 6.45) is 3.80. The minimum Gasteiger partial charge on any atom is -0.478 e. The number of hydrogen-bond acceptors (Lipinski definition) is 2. The van der Waals surface area contributed by atoms with Gasteiger partial charge in [-0.05, 0) is 36.6 Å². The summed E-state index contributed by atoms with van der Waals surface area (Å²) in [6.45, 7) is 3.80. The molecule has 0 saturated heterocycles. The van der Waals surface area contributed by atoms with Gasteiger partial charge in [0.15, 0.2) is 0 Å². The van der Waals surface area contributed by atoms with Crippen LogP contribution in [-0.2, 0) is 13.6 Å². The molecule has 0 radical (unpaired) electrons. The number of aryl methyl sites for hydroxylation is 3. The molecule has 5 heteroatoms. The van der Waals surface area contributed by atoms with E-state index in [1.54, 1.807) is 26.0 Å². The smallest absolute Gasteiger partial charge is 0.336 e. The molecule has 2 aromatic rings. The highest BCUT2D eigenvalue weighted by molar-refractivity contribution is 6.06. The molecule has 1 amide bonds. The standard InChI is InChI=1S/C16H18N2O3/c1-10-4-5-11(2)14(16(20)21)13(10)15(19)17-8-12-6-7-18(3)9-12/h4-7,9H,8H2,1-3H3,(H,17,19)(H,20,21). The van der Waals surface area contributed by atoms with Crippen molar-refractivity contribution in [2.24, 2.45) is 7.05 Å². The normalized spacial score (nSPS) is 10.4. The summed E-state index contributed by atoms with van der Waals surface area (Å²) in [5.74, 6) is -1.45. The maximum absolute atomic E-state index is 12.3. The Labute approximate surface area is 123 Å². The number of carboxylic acid groups (broad SMARTS) is 1. The van der Waals surface area contributed by atoms with Crippen molar-refractivity contribution >= 4 is 11.9 Å². The average Bonchev–Trinajstić information content (AvgIpc) is 2.83.